The van der Waals surface area contributed by atoms with E-state index in [0.717, 1.165) is 12.0 Å². The van der Waals surface area contributed by atoms with Crippen LogP contribution in [0, 0.1) is 41.4 Å². The van der Waals surface area contributed by atoms with Crippen LogP contribution in [0.1, 0.15) is 126 Å². The Hall–Kier alpha value is -3.15. The van der Waals surface area contributed by atoms with Crippen LogP contribution < -0.4 is 0 Å². The Morgan fingerprint density at radius 2 is 1.59 bits per heavy atom. The first-order valence-corrected chi connectivity index (χ1v) is 29.1. The summed E-state index contributed by atoms with van der Waals surface area (Å²) < 4.78 is 30.6. The Labute approximate surface area is 413 Å². The number of hydrogen-bond acceptors (Lipinski definition) is 13. The lowest BCUT2D eigenvalue weighted by atomic mass is 9.78. The first kappa shape index (κ1) is 58.4. The molecular weight excluding hydrogens is 899 g/mol. The molecule has 0 aromatic rings. The monoisotopic (exact) mass is 986 g/mol. The minimum Gasteiger partial charge on any atom is -0.460 e. The molecule has 3 heterocycles. The van der Waals surface area contributed by atoms with E-state index < -0.39 is 98.6 Å². The average Bonchev–Trinajstić information content (AvgIpc) is 3.30. The molecule has 0 spiro atoms. The molecule has 0 aromatic heterocycles. The molecule has 4 aliphatic rings. The number of rotatable bonds is 8. The molecule has 15 atom stereocenters. The van der Waals surface area contributed by atoms with Crippen LogP contribution in [0.5, 0.6) is 0 Å². The Morgan fingerprint density at radius 3 is 2.25 bits per heavy atom. The number of methoxy groups -OCH3 is 2. The van der Waals surface area contributed by atoms with Gasteiger partial charge < -0.3 is 43.6 Å². The molecule has 1 amide bonds. The molecule has 15 heteroatoms. The van der Waals surface area contributed by atoms with E-state index in [1.54, 1.807) is 34.1 Å². The number of carbonyl (C=O) groups is 5. The predicted octanol–water partition coefficient (Wildman–Crippen LogP) is 7.63. The molecule has 1 aliphatic carbocycles. The van der Waals surface area contributed by atoms with Crippen molar-refractivity contribution in [3.63, 3.8) is 0 Å². The van der Waals surface area contributed by atoms with Crippen LogP contribution >= 0.6 is 0 Å². The number of ketones is 3. The van der Waals surface area contributed by atoms with E-state index in [-0.39, 0.29) is 54.8 Å². The normalized spacial score (nSPS) is 37.8. The molecule has 15 unspecified atom stereocenters. The van der Waals surface area contributed by atoms with Gasteiger partial charge >= 0.3 is 5.97 Å². The molecule has 4 rings (SSSR count). The fraction of sp³-hybridized carbons (Fsp3) is 0.759. The van der Waals surface area contributed by atoms with Crippen LogP contribution in [0.25, 0.3) is 0 Å². The number of hydrogen-bond donors (Lipinski definition) is 3. The maximum atomic E-state index is 14.5. The molecule has 0 radical (unpaired) electrons. The SMILES string of the molecule is COC1CC2CCC(C)C(O)(O2)C(=O)C(=O)N2CCCCC2C(=O)OC(C(C)CC2CCC(O)C(OC)C2)CC(=O)C(C)/C=C(\C)C(O[Si](C)(C)C)C(CO)C(=O)C(C)CC(C)/C=C/C=CC=C1C. The van der Waals surface area contributed by atoms with Crippen molar-refractivity contribution in [2.75, 3.05) is 27.4 Å². The number of allylic oxidation sites excluding steroid dienone is 6. The van der Waals surface area contributed by atoms with Crippen molar-refractivity contribution in [2.24, 2.45) is 41.4 Å². The third-order valence-electron chi connectivity index (χ3n) is 15.0. The van der Waals surface area contributed by atoms with Gasteiger partial charge in [0, 0.05) is 51.4 Å². The zero-order valence-electron chi connectivity index (χ0n) is 43.8. The minimum absolute atomic E-state index is 0.0295. The first-order chi connectivity index (χ1) is 32.4. The fourth-order valence-electron chi connectivity index (χ4n) is 10.8. The van der Waals surface area contributed by atoms with E-state index >= 15 is 0 Å². The number of esters is 1. The number of amides is 1. The molecular formula is C54H87NO13Si. The van der Waals surface area contributed by atoms with Crippen LogP contribution in [0.3, 0.4) is 0 Å². The number of ether oxygens (including phenoxy) is 4. The van der Waals surface area contributed by atoms with Crippen LogP contribution in [0.2, 0.25) is 19.6 Å². The van der Waals surface area contributed by atoms with Gasteiger partial charge in [-0.05, 0) is 127 Å². The van der Waals surface area contributed by atoms with E-state index in [1.807, 2.05) is 84.6 Å². The third-order valence-corrected chi connectivity index (χ3v) is 16.0. The summed E-state index contributed by atoms with van der Waals surface area (Å²) in [5.41, 5.74) is 1.54. The van der Waals surface area contributed by atoms with E-state index in [4.69, 9.17) is 23.4 Å². The van der Waals surface area contributed by atoms with Crippen molar-refractivity contribution in [1.82, 2.24) is 4.90 Å². The van der Waals surface area contributed by atoms with Gasteiger partial charge in [-0.25, -0.2) is 4.79 Å². The van der Waals surface area contributed by atoms with Gasteiger partial charge in [-0.1, -0.05) is 71.1 Å². The lowest BCUT2D eigenvalue weighted by Gasteiger charge is -2.42. The van der Waals surface area contributed by atoms with E-state index in [1.165, 1.54) is 4.90 Å². The topological polar surface area (TPSA) is 195 Å². The molecule has 14 nitrogen and oxygen atoms in total. The summed E-state index contributed by atoms with van der Waals surface area (Å²) in [7, 11) is 0.844. The maximum absolute atomic E-state index is 14.5. The second kappa shape index (κ2) is 26.5. The summed E-state index contributed by atoms with van der Waals surface area (Å²) in [6, 6.07) is -1.14. The lowest BCUT2D eigenvalue weighted by Crippen LogP contribution is -2.61. The molecule has 3 N–H and O–H groups in total. The van der Waals surface area contributed by atoms with E-state index in [0.29, 0.717) is 63.4 Å². The van der Waals surface area contributed by atoms with Gasteiger partial charge in [-0.2, -0.15) is 0 Å². The molecule has 1 saturated carbocycles. The van der Waals surface area contributed by atoms with Gasteiger partial charge in [0.1, 0.15) is 23.7 Å². The maximum Gasteiger partial charge on any atom is 0.329 e. The van der Waals surface area contributed by atoms with Crippen molar-refractivity contribution >= 4 is 37.5 Å². The second-order valence-electron chi connectivity index (χ2n) is 21.9. The number of cyclic esters (lactones) is 1. The van der Waals surface area contributed by atoms with Crippen LogP contribution in [-0.2, 0) is 47.3 Å². The fourth-order valence-corrected chi connectivity index (χ4v) is 11.9. The Balaban J connectivity index is 1.76. The molecule has 2 bridgehead atoms. The largest absolute Gasteiger partial charge is 0.460 e. The van der Waals surface area contributed by atoms with Crippen LogP contribution in [0.15, 0.2) is 47.6 Å². The highest BCUT2D eigenvalue weighted by molar-refractivity contribution is 6.69. The Morgan fingerprint density at radius 1 is 0.884 bits per heavy atom. The number of Topliss-reactive ketones (excluding diaryl/α,β-unsaturated/α-hetero) is 3. The highest BCUT2D eigenvalue weighted by Gasteiger charge is 2.53. The van der Waals surface area contributed by atoms with E-state index in [9.17, 15) is 39.3 Å². The quantitative estimate of drug-likeness (QED) is 0.0931. The summed E-state index contributed by atoms with van der Waals surface area (Å²) in [4.78, 5) is 73.0. The summed E-state index contributed by atoms with van der Waals surface area (Å²) in [6.07, 6.45) is 13.3. The predicted molar refractivity (Wildman–Crippen MR) is 267 cm³/mol. The number of fused-ring (bicyclic) bond motifs is 3. The number of piperidine rings is 1. The molecule has 69 heavy (non-hydrogen) atoms. The standard InChI is InChI=1S/C54H87NO13Si/c1-33-18-14-13-15-19-34(2)46(64-8)30-41-23-21-39(7)54(63,67-41)51(60)52(61)55-25-17-16-20-43(55)53(62)66-47(36(4)28-40-22-24-44(57)48(29-40)65-9)31-45(58)35(3)27-38(6)50(68-69(10,11)12)42(32-56)49(59)37(5)26-33/h13-15,18-19,27,33,35-37,39-44,46-48,50,56-57,63H,16-17,20-26,28-32H2,1-12H3/b15-13?,18-14+,34-19?,38-27+. The smallest absolute Gasteiger partial charge is 0.329 e. The number of aliphatic hydroxyl groups is 3. The van der Waals surface area contributed by atoms with Crippen molar-refractivity contribution in [3.05, 3.63) is 47.6 Å². The van der Waals surface area contributed by atoms with Gasteiger partial charge in [-0.15, -0.1) is 0 Å². The summed E-state index contributed by atoms with van der Waals surface area (Å²) in [5.74, 6) is -8.49. The Kier molecular flexibility index (Phi) is 22.4. The number of nitrogens with zero attached hydrogens (tertiary/aromatic N) is 1. The van der Waals surface area contributed by atoms with Crippen molar-refractivity contribution in [2.45, 2.75) is 194 Å². The number of aliphatic hydroxyl groups excluding tert-OH is 2. The molecule has 2 saturated heterocycles. The number of carbonyl (C=O) groups excluding carboxylic acids is 5. The van der Waals surface area contributed by atoms with Crippen LogP contribution in [-0.4, -0.2) is 134 Å². The second-order valence-corrected chi connectivity index (χ2v) is 26.4. The van der Waals surface area contributed by atoms with Gasteiger partial charge in [-0.3, -0.25) is 19.2 Å². The van der Waals surface area contributed by atoms with Gasteiger partial charge in [0.05, 0.1) is 43.0 Å². The van der Waals surface area contributed by atoms with Crippen molar-refractivity contribution in [1.29, 1.82) is 0 Å². The van der Waals surface area contributed by atoms with Gasteiger partial charge in [0.15, 0.2) is 8.32 Å². The summed E-state index contributed by atoms with van der Waals surface area (Å²) in [5, 5.41) is 33.4. The van der Waals surface area contributed by atoms with E-state index in [2.05, 4.69) is 0 Å². The van der Waals surface area contributed by atoms with Crippen LogP contribution in [0.4, 0.5) is 0 Å². The highest BCUT2D eigenvalue weighted by Crippen LogP contribution is 2.38. The van der Waals surface area contributed by atoms with Gasteiger partial charge in [0.2, 0.25) is 5.79 Å². The molecule has 0 aromatic carbocycles. The summed E-state index contributed by atoms with van der Waals surface area (Å²) in [6.45, 7) is 18.8. The highest BCUT2D eigenvalue weighted by atomic mass is 28.4. The Bertz CT molecular complexity index is 1870. The summed E-state index contributed by atoms with van der Waals surface area (Å²) >= 11 is 0. The zero-order chi connectivity index (χ0) is 51.4. The third kappa shape index (κ3) is 16.2. The minimum atomic E-state index is -2.43. The zero-order valence-corrected chi connectivity index (χ0v) is 44.8. The first-order valence-electron chi connectivity index (χ1n) is 25.7. The molecule has 3 aliphatic heterocycles. The average molecular weight is 986 g/mol. The molecule has 390 valence electrons. The van der Waals surface area contributed by atoms with Crippen molar-refractivity contribution in [3.8, 4) is 0 Å². The molecule has 3 fully saturated rings. The van der Waals surface area contributed by atoms with Crippen molar-refractivity contribution < 1.29 is 62.7 Å². The lowest BCUT2D eigenvalue weighted by molar-refractivity contribution is -0.265. The van der Waals surface area contributed by atoms with Gasteiger partial charge in [0.25, 0.3) is 11.7 Å².